The minimum absolute atomic E-state index is 0.152. The monoisotopic (exact) mass is 1950 g/mol. The number of benzene rings is 26. The van der Waals surface area contributed by atoms with Crippen LogP contribution in [0.2, 0.25) is 0 Å². The Morgan fingerprint density at radius 1 is 0.182 bits per heavy atom. The van der Waals surface area contributed by atoms with Crippen molar-refractivity contribution >= 4 is 177 Å². The fourth-order valence-electron chi connectivity index (χ4n) is 20.7. The second-order valence-corrected chi connectivity index (χ2v) is 35.2. The third-order valence-corrected chi connectivity index (χ3v) is 27.2. The maximum atomic E-state index is 9.43. The van der Waals surface area contributed by atoms with Crippen LogP contribution in [-0.2, 0) is 0 Å². The average Bonchev–Trinajstić information content (AvgIpc) is 0.569. The van der Waals surface area contributed by atoms with Crippen LogP contribution in [0.25, 0.3) is 244 Å². The number of fused-ring (bicyclic) bond motifs is 16. The molecule has 0 heteroatoms. The van der Waals surface area contributed by atoms with Gasteiger partial charge < -0.3 is 0 Å². The van der Waals surface area contributed by atoms with Crippen LogP contribution in [0.1, 0.15) is 160 Å². The Morgan fingerprint density at radius 3 is 0.899 bits per heavy atom. The van der Waals surface area contributed by atoms with Gasteiger partial charge in [-0.25, -0.2) is 0 Å². The minimum atomic E-state index is -1.07. The molecule has 30 rings (SSSR count). The van der Waals surface area contributed by atoms with E-state index >= 15 is 0 Å². The van der Waals surface area contributed by atoms with Crippen LogP contribution in [-0.4, -0.2) is 0 Å². The van der Waals surface area contributed by atoms with Gasteiger partial charge in [0.05, 0.1) is 87.7 Å². The first kappa shape index (κ1) is 44.6. The van der Waals surface area contributed by atoms with Crippen molar-refractivity contribution in [3.8, 4) is 66.8 Å². The highest BCUT2D eigenvalue weighted by Gasteiger charge is 2.27. The van der Waals surface area contributed by atoms with Gasteiger partial charge in [-0.3, -0.25) is 0 Å². The smallest absolute Gasteiger partial charge is 0.0636 e. The molecule has 0 nitrogen and oxygen atoms in total. The molecule has 0 saturated carbocycles. The summed E-state index contributed by atoms with van der Waals surface area (Å²) in [5.41, 5.74) is -1.93. The Bertz CT molecular complexity index is 14400. The fourth-order valence-corrected chi connectivity index (χ4v) is 20.7. The van der Waals surface area contributed by atoms with Gasteiger partial charge >= 0.3 is 0 Å². The van der Waals surface area contributed by atoms with E-state index < -0.39 is 432 Å². The Balaban J connectivity index is 0.000000129. The lowest BCUT2D eigenvalue weighted by Crippen LogP contribution is -2.29. The van der Waals surface area contributed by atoms with Crippen molar-refractivity contribution in [1.82, 2.24) is 0 Å². The van der Waals surface area contributed by atoms with Crippen molar-refractivity contribution in [2.24, 2.45) is 0 Å². The summed E-state index contributed by atoms with van der Waals surface area (Å²) < 4.78 is 566. The SMILES string of the molecule is [2H]c1c([2H])c(-c2c3c([2H])c([2H])c([2H])c([2H])c3c(-c3c([2H])c([2H])c([2H])c4c([2H])c([2H])c([2H])c([2H])c34)c3c([2H])c([2H])c([2H])c([2H])c23)c([2H])c([2H])c1-c1c([2H])c([2H])c2c([2H])c([2H])c([2H])c([2H])c2c1[2H].[2H]c1c([2H])c([2H])c2c(-c3ccc(C4C=c5ccccc5=CC4)cc3)c3c([2H])c([2H])c([2H])c([2H])c3c(C3=c4ccccc4=CCC3)c2c1[2H].[2H]c1c([2H])c([2H])c2c(C3C=c4ccccc4=CC3)c3c([2H])c([2H])c([2H])c([2H])c3c(C3=c4ccccc4=CCC3)c2c1[2H].[2H]c1c([2H])c([2H])c2c([2H])c(-c3c4c([2H])c([2H])c([2H])c([2H])c4c(-c4c([2H])c([2H])c([2H])c5c([2H])c([2H])c([2H])c([2H])c45)c4c([2H])c([2H])c([2H])c([2H])c34)c([2H])c([2H])c2c1[2H]. The summed E-state index contributed by atoms with van der Waals surface area (Å²) in [5, 5.41) is 0.556. The molecule has 0 aliphatic heterocycles. The second kappa shape index (κ2) is 38.5. The van der Waals surface area contributed by atoms with Gasteiger partial charge in [0.2, 0.25) is 0 Å². The molecule has 0 N–H and O–H groups in total. The molecule has 696 valence electrons. The molecular weight excluding hydrogens is 1780 g/mol. The van der Waals surface area contributed by atoms with Gasteiger partial charge in [0.15, 0.2) is 0 Å². The first-order valence-electron chi connectivity index (χ1n) is 79.3. The zero-order chi connectivity index (χ0) is 154. The molecule has 0 fully saturated rings. The van der Waals surface area contributed by atoms with Crippen molar-refractivity contribution < 1.29 is 87.7 Å². The first-order valence-corrected chi connectivity index (χ1v) is 47.3. The molecular formula is C148H104. The van der Waals surface area contributed by atoms with Crippen molar-refractivity contribution in [1.29, 1.82) is 0 Å². The van der Waals surface area contributed by atoms with E-state index in [1.165, 1.54) is 10.4 Å². The van der Waals surface area contributed by atoms with Crippen LogP contribution in [0, 0.1) is 0 Å². The topological polar surface area (TPSA) is 0 Å². The average molecular weight is 1950 g/mol. The molecule has 4 aliphatic rings. The van der Waals surface area contributed by atoms with E-state index in [0.29, 0.717) is 81.5 Å². The molecule has 0 amide bonds. The van der Waals surface area contributed by atoms with Crippen molar-refractivity contribution in [2.45, 2.75) is 50.4 Å². The van der Waals surface area contributed by atoms with Crippen molar-refractivity contribution in [3.63, 3.8) is 0 Å². The number of hydrogen-bond donors (Lipinski definition) is 0. The first-order chi connectivity index (χ1) is 100. The van der Waals surface area contributed by atoms with Crippen molar-refractivity contribution in [2.75, 3.05) is 0 Å². The highest BCUT2D eigenvalue weighted by Crippen LogP contribution is 2.51. The normalized spacial score (nSPS) is 20.0. The Kier molecular flexibility index (Phi) is 11.6. The van der Waals surface area contributed by atoms with E-state index in [9.17, 15) is 27.4 Å². The third-order valence-electron chi connectivity index (χ3n) is 27.2. The second-order valence-electron chi connectivity index (χ2n) is 35.2. The van der Waals surface area contributed by atoms with Crippen LogP contribution in [0.3, 0.4) is 0 Å². The summed E-state index contributed by atoms with van der Waals surface area (Å²) >= 11 is 0. The molecule has 0 spiro atoms. The van der Waals surface area contributed by atoms with Crippen molar-refractivity contribution in [3.05, 3.63) is 572 Å². The van der Waals surface area contributed by atoms with Gasteiger partial charge in [0.1, 0.15) is 0 Å². The quantitative estimate of drug-likeness (QED) is 0.120. The molecule has 0 bridgehead atoms. The zero-order valence-electron chi connectivity index (χ0n) is 141. The Labute approximate surface area is 951 Å². The van der Waals surface area contributed by atoms with Crippen LogP contribution >= 0.6 is 0 Å². The van der Waals surface area contributed by atoms with Gasteiger partial charge in [-0.15, -0.1) is 0 Å². The maximum absolute atomic E-state index is 9.43. The fraction of sp³-hybridized carbons (Fsp3) is 0.0541. The molecule has 0 heterocycles. The largest absolute Gasteiger partial charge is 0.0763 e. The van der Waals surface area contributed by atoms with Gasteiger partial charge in [-0.1, -0.05) is 532 Å². The van der Waals surface area contributed by atoms with Gasteiger partial charge in [0, 0.05) is 11.8 Å². The standard InChI is InChI=1S/C40H30.C40H26.C34H26.C34H22/c2*1-2-12-31-26-32(25-22-27(31)10-1)28-20-23-30(24-21-28)39-35-15-5-7-17-37(35)40(38-18-8-6-16-36(38)39)34-19-9-13-29-11-3-4-14-33(29)34;2*1-2-12-25-22-26(21-20-23(25)10-1)33-29-15-5-7-17-31(29)34(32-18-8-6-16-30(32)33)28-19-9-13-24-11-3-4-14-27(24)28/h1-8,10-18,20-24,26,32H,9,19,25H2;1-26H;1-8,10-18,20,22,26H,9,19,21H2;1-22H/i5D,6D,7D,8D,15D,16D,17D,18D;1D,2D,3D,4D,5D,6D,7D,8D,9D,10D,11D,12D,13D,14D,15D,16D,17D,18D,19D,20D,21D,22D,23D,24D,25D,26D;5D,6D,7D,8D,15D,16D,17D,18D;1D,2D,3D,4D,5D,6D,7D,8D,9D,10D,11D,12D,13D,14D,15D,16D,17D,18D,19D,20D,21D,22D. The highest BCUT2D eigenvalue weighted by molar-refractivity contribution is 6.27. The highest BCUT2D eigenvalue weighted by atomic mass is 14.3. The zero-order valence-corrected chi connectivity index (χ0v) is 77.4. The summed E-state index contributed by atoms with van der Waals surface area (Å²) in [5.74, 6) is -0.214. The molecule has 0 radical (unpaired) electrons. The lowest BCUT2D eigenvalue weighted by molar-refractivity contribution is 0.921. The van der Waals surface area contributed by atoms with E-state index in [0.717, 1.165) is 54.4 Å². The van der Waals surface area contributed by atoms with Gasteiger partial charge in [-0.2, -0.15) is 0 Å². The Hall–Kier alpha value is -18.2. The number of hydrogen-bond acceptors (Lipinski definition) is 0. The van der Waals surface area contributed by atoms with E-state index in [1.807, 2.05) is 109 Å². The summed E-state index contributed by atoms with van der Waals surface area (Å²) in [6, 6.07) is -7.82. The molecule has 26 aromatic rings. The van der Waals surface area contributed by atoms with E-state index in [2.05, 4.69) is 48.6 Å². The summed E-state index contributed by atoms with van der Waals surface area (Å²) in [6.45, 7) is 0. The third kappa shape index (κ3) is 16.1. The minimum Gasteiger partial charge on any atom is -0.0763 e. The van der Waals surface area contributed by atoms with Crippen LogP contribution < -0.4 is 41.7 Å². The molecule has 4 aliphatic carbocycles. The molecule has 0 saturated heterocycles. The maximum Gasteiger partial charge on any atom is 0.0636 e. The van der Waals surface area contributed by atoms with E-state index in [-0.39, 0.29) is 130 Å². The summed E-state index contributed by atoms with van der Waals surface area (Å²) in [6.07, 6.45) is 16.8. The van der Waals surface area contributed by atoms with E-state index in [4.69, 9.17) is 60.3 Å². The lowest BCUT2D eigenvalue weighted by atomic mass is 9.79. The van der Waals surface area contributed by atoms with Crippen LogP contribution in [0.4, 0.5) is 0 Å². The molecule has 148 heavy (non-hydrogen) atoms. The lowest BCUT2D eigenvalue weighted by Gasteiger charge is -2.24. The van der Waals surface area contributed by atoms with E-state index in [1.54, 1.807) is 0 Å². The van der Waals surface area contributed by atoms with Gasteiger partial charge in [0.25, 0.3) is 0 Å². The summed E-state index contributed by atoms with van der Waals surface area (Å²) in [4.78, 5) is 0. The Morgan fingerprint density at radius 2 is 0.473 bits per heavy atom. The predicted molar refractivity (Wildman–Crippen MR) is 636 cm³/mol. The van der Waals surface area contributed by atoms with Crippen LogP contribution in [0.5, 0.6) is 0 Å². The number of rotatable bonds is 10. The molecule has 0 aromatic heterocycles. The molecule has 2 unspecified atom stereocenters. The van der Waals surface area contributed by atoms with Gasteiger partial charge in [-0.05, 0) is 322 Å². The summed E-state index contributed by atoms with van der Waals surface area (Å²) in [7, 11) is 0. The van der Waals surface area contributed by atoms with Crippen LogP contribution in [0.15, 0.2) is 508 Å². The molecule has 2 atom stereocenters. The molecule has 26 aromatic carbocycles. The predicted octanol–water partition coefficient (Wildman–Crippen LogP) is 33.6.